The minimum absolute atomic E-state index is 0.0812. The van der Waals surface area contributed by atoms with Gasteiger partial charge in [-0.25, -0.2) is 9.59 Å². The van der Waals surface area contributed by atoms with Crippen LogP contribution in [0, 0.1) is 0 Å². The quantitative estimate of drug-likeness (QED) is 0.509. The number of amides is 4. The van der Waals surface area contributed by atoms with E-state index < -0.39 is 47.3 Å². The topological polar surface area (TPSA) is 151 Å². The fourth-order valence-corrected chi connectivity index (χ4v) is 4.82. The zero-order valence-corrected chi connectivity index (χ0v) is 25.8. The Labute approximate surface area is 256 Å². The van der Waals surface area contributed by atoms with E-state index in [4.69, 9.17) is 9.47 Å². The number of Topliss-reactive ketones (excluding diaryl/α,β-unsaturated/α-hetero) is 2. The number of rotatable bonds is 5. The molecule has 12 heteroatoms. The van der Waals surface area contributed by atoms with Crippen molar-refractivity contribution in [3.05, 3.63) is 48.5 Å². The number of hydrogen-bond donors (Lipinski definition) is 2. The maximum atomic E-state index is 13.0. The Kier molecular flexibility index (Phi) is 9.12. The summed E-state index contributed by atoms with van der Waals surface area (Å²) in [4.78, 5) is 77.4. The van der Waals surface area contributed by atoms with Gasteiger partial charge in [-0.2, -0.15) is 0 Å². The fraction of sp³-hybridized carbons (Fsp3) is 0.438. The number of nitrogens with one attached hydrogen (secondary N) is 2. The molecule has 2 aromatic rings. The third-order valence-electron chi connectivity index (χ3n) is 6.79. The first-order valence-electron chi connectivity index (χ1n) is 14.3. The van der Waals surface area contributed by atoms with Crippen molar-refractivity contribution >= 4 is 46.9 Å². The minimum Gasteiger partial charge on any atom is -0.444 e. The van der Waals surface area contributed by atoms with E-state index >= 15 is 0 Å². The smallest absolute Gasteiger partial charge is 0.411 e. The zero-order chi connectivity index (χ0) is 32.4. The van der Waals surface area contributed by atoms with Gasteiger partial charge in [-0.15, -0.1) is 0 Å². The van der Waals surface area contributed by atoms with Crippen LogP contribution in [0.1, 0.15) is 54.4 Å². The molecule has 2 heterocycles. The molecule has 2 fully saturated rings. The van der Waals surface area contributed by atoms with Gasteiger partial charge in [-0.05, 0) is 76.9 Å². The van der Waals surface area contributed by atoms with E-state index in [0.29, 0.717) is 11.4 Å². The average Bonchev–Trinajstić information content (AvgIpc) is 3.51. The summed E-state index contributed by atoms with van der Waals surface area (Å²) >= 11 is 0. The molecule has 0 unspecified atom stereocenters. The lowest BCUT2D eigenvalue weighted by molar-refractivity contribution is -0.121. The normalized spacial score (nSPS) is 18.7. The Bertz CT molecular complexity index is 1340. The molecular formula is C32H38N4O8. The van der Waals surface area contributed by atoms with E-state index in [1.807, 2.05) is 0 Å². The van der Waals surface area contributed by atoms with E-state index in [2.05, 4.69) is 10.6 Å². The monoisotopic (exact) mass is 606 g/mol. The summed E-state index contributed by atoms with van der Waals surface area (Å²) in [6, 6.07) is 12.1. The second kappa shape index (κ2) is 12.5. The number of nitrogens with zero attached hydrogens (tertiary/aromatic N) is 2. The number of anilines is 2. The van der Waals surface area contributed by atoms with Crippen LogP contribution in [0.3, 0.4) is 0 Å². The molecule has 0 aromatic heterocycles. The van der Waals surface area contributed by atoms with Crippen LogP contribution in [0.25, 0.3) is 11.1 Å². The van der Waals surface area contributed by atoms with Gasteiger partial charge in [-0.1, -0.05) is 24.3 Å². The number of hydrogen-bond acceptors (Lipinski definition) is 8. The van der Waals surface area contributed by atoms with Gasteiger partial charge in [0.2, 0.25) is 11.8 Å². The molecule has 2 saturated heterocycles. The van der Waals surface area contributed by atoms with Crippen molar-refractivity contribution in [1.82, 2.24) is 9.80 Å². The predicted molar refractivity (Wildman–Crippen MR) is 162 cm³/mol. The molecule has 2 aromatic carbocycles. The summed E-state index contributed by atoms with van der Waals surface area (Å²) in [6.45, 7) is 9.92. The molecule has 0 saturated carbocycles. The number of carbonyl (C=O) groups excluding carboxylic acids is 6. The number of ether oxygens (including phenoxy) is 2. The SMILES string of the molecule is CC(C)(C)OC(=O)N1CC(=O)C[C@H]1C(=O)Nc1ccc(-c2ccc(NC(=O)[C@@H]3CC(=O)CN3C(=O)OC(C)(C)C)cc2)cc1. The van der Waals surface area contributed by atoms with Gasteiger partial charge >= 0.3 is 12.2 Å². The fourth-order valence-electron chi connectivity index (χ4n) is 4.82. The van der Waals surface area contributed by atoms with Gasteiger partial charge in [0.25, 0.3) is 0 Å². The number of carbonyl (C=O) groups is 6. The first-order chi connectivity index (χ1) is 20.5. The first kappa shape index (κ1) is 32.2. The van der Waals surface area contributed by atoms with Gasteiger partial charge in [0, 0.05) is 24.2 Å². The van der Waals surface area contributed by atoms with Crippen molar-refractivity contribution in [2.75, 3.05) is 23.7 Å². The molecule has 0 bridgehead atoms. The van der Waals surface area contributed by atoms with Gasteiger partial charge in [0.1, 0.15) is 23.3 Å². The van der Waals surface area contributed by atoms with E-state index in [1.54, 1.807) is 90.1 Å². The number of ketones is 2. The zero-order valence-electron chi connectivity index (χ0n) is 25.8. The molecule has 2 aliphatic rings. The second-order valence-corrected chi connectivity index (χ2v) is 12.9. The lowest BCUT2D eigenvalue weighted by atomic mass is 10.0. The summed E-state index contributed by atoms with van der Waals surface area (Å²) in [5, 5.41) is 5.53. The predicted octanol–water partition coefficient (Wildman–Crippen LogP) is 4.39. The maximum Gasteiger partial charge on any atom is 0.411 e. The van der Waals surface area contributed by atoms with Crippen LogP contribution in [0.4, 0.5) is 21.0 Å². The summed E-state index contributed by atoms with van der Waals surface area (Å²) in [5.41, 5.74) is 1.14. The Morgan fingerprint density at radius 2 is 0.932 bits per heavy atom. The number of likely N-dealkylation sites (tertiary alicyclic amines) is 2. The number of benzene rings is 2. The summed E-state index contributed by atoms with van der Waals surface area (Å²) in [5.74, 6) is -1.40. The molecule has 0 aliphatic carbocycles. The van der Waals surface area contributed by atoms with Crippen molar-refractivity contribution in [3.8, 4) is 11.1 Å². The van der Waals surface area contributed by atoms with Crippen LogP contribution in [0.15, 0.2) is 48.5 Å². The molecule has 0 radical (unpaired) electrons. The maximum absolute atomic E-state index is 13.0. The molecule has 2 atom stereocenters. The molecule has 234 valence electrons. The van der Waals surface area contributed by atoms with Gasteiger partial charge < -0.3 is 20.1 Å². The van der Waals surface area contributed by atoms with Crippen molar-refractivity contribution in [2.24, 2.45) is 0 Å². The molecule has 2 aliphatic heterocycles. The molecule has 4 amide bonds. The Balaban J connectivity index is 1.36. The highest BCUT2D eigenvalue weighted by Crippen LogP contribution is 2.26. The van der Waals surface area contributed by atoms with Crippen LogP contribution in [-0.2, 0) is 28.7 Å². The Hall–Kier alpha value is -4.74. The Morgan fingerprint density at radius 1 is 0.614 bits per heavy atom. The molecule has 2 N–H and O–H groups in total. The van der Waals surface area contributed by atoms with E-state index in [1.165, 1.54) is 0 Å². The van der Waals surface area contributed by atoms with Gasteiger partial charge in [0.05, 0.1) is 13.1 Å². The standard InChI is InChI=1S/C32H38N4O8/c1-31(2,3)43-29(41)35-17-23(37)15-25(35)27(39)33-21-11-7-19(8-12-21)20-9-13-22(14-10-20)34-28(40)26-16-24(38)18-36(26)30(42)44-32(4,5)6/h7-14,25-26H,15-18H2,1-6H3,(H,33,39)(H,34,40)/t25-,26-/m0/s1. The van der Waals surface area contributed by atoms with Crippen molar-refractivity contribution < 1.29 is 38.2 Å². The van der Waals surface area contributed by atoms with E-state index in [-0.39, 0.29) is 37.5 Å². The lowest BCUT2D eigenvalue weighted by Gasteiger charge is -2.27. The van der Waals surface area contributed by atoms with Crippen LogP contribution >= 0.6 is 0 Å². The molecule has 44 heavy (non-hydrogen) atoms. The van der Waals surface area contributed by atoms with Gasteiger partial charge in [0.15, 0.2) is 11.6 Å². The van der Waals surface area contributed by atoms with Crippen molar-refractivity contribution in [2.45, 2.75) is 77.7 Å². The first-order valence-corrected chi connectivity index (χ1v) is 14.3. The lowest BCUT2D eigenvalue weighted by Crippen LogP contribution is -2.45. The van der Waals surface area contributed by atoms with Crippen LogP contribution < -0.4 is 10.6 Å². The van der Waals surface area contributed by atoms with Crippen LogP contribution in [-0.4, -0.2) is 81.7 Å². The second-order valence-electron chi connectivity index (χ2n) is 12.9. The van der Waals surface area contributed by atoms with E-state index in [0.717, 1.165) is 20.9 Å². The summed E-state index contributed by atoms with van der Waals surface area (Å²) in [7, 11) is 0. The largest absolute Gasteiger partial charge is 0.444 e. The van der Waals surface area contributed by atoms with Crippen LogP contribution in [0.5, 0.6) is 0 Å². The minimum atomic E-state index is -0.960. The molecule has 0 spiro atoms. The Morgan fingerprint density at radius 3 is 1.23 bits per heavy atom. The molecular weight excluding hydrogens is 568 g/mol. The van der Waals surface area contributed by atoms with Crippen LogP contribution in [0.2, 0.25) is 0 Å². The highest BCUT2D eigenvalue weighted by Gasteiger charge is 2.42. The third kappa shape index (κ3) is 8.21. The molecule has 4 rings (SSSR count). The highest BCUT2D eigenvalue weighted by atomic mass is 16.6. The third-order valence-corrected chi connectivity index (χ3v) is 6.79. The van der Waals surface area contributed by atoms with Crippen molar-refractivity contribution in [1.29, 1.82) is 0 Å². The van der Waals surface area contributed by atoms with E-state index in [9.17, 15) is 28.8 Å². The van der Waals surface area contributed by atoms with Crippen molar-refractivity contribution in [3.63, 3.8) is 0 Å². The average molecular weight is 607 g/mol. The highest BCUT2D eigenvalue weighted by molar-refractivity contribution is 6.04. The summed E-state index contributed by atoms with van der Waals surface area (Å²) in [6.07, 6.45) is -1.59. The molecule has 12 nitrogen and oxygen atoms in total. The summed E-state index contributed by atoms with van der Waals surface area (Å²) < 4.78 is 10.7. The van der Waals surface area contributed by atoms with Gasteiger partial charge in [-0.3, -0.25) is 29.0 Å².